The van der Waals surface area contributed by atoms with Crippen LogP contribution >= 0.6 is 11.6 Å². The summed E-state index contributed by atoms with van der Waals surface area (Å²) in [6.45, 7) is 2.86. The third kappa shape index (κ3) is 4.02. The second-order valence-electron chi connectivity index (χ2n) is 6.11. The average molecular weight is 371 g/mol. The van der Waals surface area contributed by atoms with Gasteiger partial charge in [-0.25, -0.2) is 18.9 Å². The maximum Gasteiger partial charge on any atom is 0.328 e. The van der Waals surface area contributed by atoms with Gasteiger partial charge in [-0.15, -0.1) is 0 Å². The molecule has 136 valence electrons. The third-order valence-corrected chi connectivity index (χ3v) is 4.70. The number of benzene rings is 1. The van der Waals surface area contributed by atoms with E-state index in [0.29, 0.717) is 31.6 Å². The highest BCUT2D eigenvalue weighted by Gasteiger charge is 2.37. The van der Waals surface area contributed by atoms with E-state index in [4.69, 9.17) is 16.3 Å². The Morgan fingerprint density at radius 2 is 1.92 bits per heavy atom. The number of ether oxygens (including phenoxy) is 1. The Balaban J connectivity index is 1.62. The lowest BCUT2D eigenvalue weighted by atomic mass is 10.1. The first-order valence-corrected chi connectivity index (χ1v) is 8.52. The van der Waals surface area contributed by atoms with E-state index in [2.05, 4.69) is 16.0 Å². The zero-order valence-electron chi connectivity index (χ0n) is 13.7. The molecule has 0 radical (unpaired) electrons. The SMILES string of the molecule is C[C@H](NC1NC(=O)N(C2CCOCC2)C(=O)N1)c1ccc(Cl)c(F)c1. The topological polar surface area (TPSA) is 82.7 Å². The molecule has 0 aliphatic carbocycles. The predicted molar refractivity (Wildman–Crippen MR) is 89.5 cm³/mol. The lowest BCUT2D eigenvalue weighted by Crippen LogP contribution is -2.70. The largest absolute Gasteiger partial charge is 0.381 e. The van der Waals surface area contributed by atoms with E-state index in [1.807, 2.05) is 0 Å². The predicted octanol–water partition coefficient (Wildman–Crippen LogP) is 2.33. The number of rotatable bonds is 4. The Labute approximate surface area is 149 Å². The smallest absolute Gasteiger partial charge is 0.328 e. The van der Waals surface area contributed by atoms with Crippen molar-refractivity contribution in [2.75, 3.05) is 13.2 Å². The van der Waals surface area contributed by atoms with Gasteiger partial charge in [0.15, 0.2) is 6.29 Å². The summed E-state index contributed by atoms with van der Waals surface area (Å²) in [7, 11) is 0. The van der Waals surface area contributed by atoms with Gasteiger partial charge >= 0.3 is 12.1 Å². The Hall–Kier alpha value is -1.90. The molecule has 2 heterocycles. The summed E-state index contributed by atoms with van der Waals surface area (Å²) in [5, 5.41) is 8.49. The number of carbonyl (C=O) groups is 2. The second-order valence-corrected chi connectivity index (χ2v) is 6.51. The first-order valence-electron chi connectivity index (χ1n) is 8.14. The molecule has 7 nitrogen and oxygen atoms in total. The summed E-state index contributed by atoms with van der Waals surface area (Å²) >= 11 is 5.68. The van der Waals surface area contributed by atoms with Gasteiger partial charge in [0.2, 0.25) is 0 Å². The van der Waals surface area contributed by atoms with Crippen molar-refractivity contribution in [3.8, 4) is 0 Å². The van der Waals surface area contributed by atoms with Gasteiger partial charge < -0.3 is 15.4 Å². The van der Waals surface area contributed by atoms with Crippen LogP contribution in [0.15, 0.2) is 18.2 Å². The molecule has 9 heteroatoms. The molecule has 1 aromatic rings. The minimum Gasteiger partial charge on any atom is -0.381 e. The van der Waals surface area contributed by atoms with Gasteiger partial charge in [-0.3, -0.25) is 5.32 Å². The Bertz CT molecular complexity index is 651. The molecule has 4 amide bonds. The molecule has 2 aliphatic rings. The minimum atomic E-state index is -0.746. The van der Waals surface area contributed by atoms with Crippen LogP contribution in [0.1, 0.15) is 31.4 Å². The van der Waals surface area contributed by atoms with E-state index in [0.717, 1.165) is 0 Å². The summed E-state index contributed by atoms with van der Waals surface area (Å²) in [6.07, 6.45) is 0.503. The van der Waals surface area contributed by atoms with Crippen LogP contribution in [-0.2, 0) is 4.74 Å². The Morgan fingerprint density at radius 1 is 1.28 bits per heavy atom. The Morgan fingerprint density at radius 3 is 2.52 bits per heavy atom. The van der Waals surface area contributed by atoms with Crippen molar-refractivity contribution in [3.05, 3.63) is 34.6 Å². The van der Waals surface area contributed by atoms with E-state index in [1.54, 1.807) is 13.0 Å². The zero-order chi connectivity index (χ0) is 18.0. The van der Waals surface area contributed by atoms with Gasteiger partial charge in [-0.1, -0.05) is 17.7 Å². The number of nitrogens with zero attached hydrogens (tertiary/aromatic N) is 1. The summed E-state index contributed by atoms with van der Waals surface area (Å²) in [5.74, 6) is -0.518. The number of urea groups is 2. The van der Waals surface area contributed by atoms with Crippen LogP contribution < -0.4 is 16.0 Å². The average Bonchev–Trinajstić information content (AvgIpc) is 2.57. The van der Waals surface area contributed by atoms with E-state index in [9.17, 15) is 14.0 Å². The summed E-state index contributed by atoms with van der Waals surface area (Å²) in [4.78, 5) is 25.9. The van der Waals surface area contributed by atoms with E-state index < -0.39 is 24.2 Å². The van der Waals surface area contributed by atoms with Crippen molar-refractivity contribution in [3.63, 3.8) is 0 Å². The molecule has 25 heavy (non-hydrogen) atoms. The lowest BCUT2D eigenvalue weighted by molar-refractivity contribution is 0.0492. The van der Waals surface area contributed by atoms with E-state index in [-0.39, 0.29) is 17.1 Å². The van der Waals surface area contributed by atoms with Crippen LogP contribution in [-0.4, -0.2) is 42.5 Å². The van der Waals surface area contributed by atoms with E-state index in [1.165, 1.54) is 17.0 Å². The fraction of sp³-hybridized carbons (Fsp3) is 0.500. The molecule has 0 spiro atoms. The molecular weight excluding hydrogens is 351 g/mol. The monoisotopic (exact) mass is 370 g/mol. The van der Waals surface area contributed by atoms with Crippen LogP contribution in [0.5, 0.6) is 0 Å². The standard InChI is InChI=1S/C16H20ClFN4O3/c1-9(10-2-3-12(17)13(18)8-10)19-14-20-15(23)22(16(24)21-14)11-4-6-25-7-5-11/h2-3,8-9,11,14,19H,4-7H2,1H3,(H,20,23)(H,21,24)/t9-/m0/s1. The quantitative estimate of drug-likeness (QED) is 0.759. The van der Waals surface area contributed by atoms with Crippen LogP contribution in [0.3, 0.4) is 0 Å². The molecule has 0 bridgehead atoms. The maximum atomic E-state index is 13.6. The molecule has 2 fully saturated rings. The van der Waals surface area contributed by atoms with Crippen LogP contribution in [0.2, 0.25) is 5.02 Å². The van der Waals surface area contributed by atoms with Gasteiger partial charge in [-0.05, 0) is 37.5 Å². The maximum absolute atomic E-state index is 13.6. The first-order chi connectivity index (χ1) is 12.0. The molecule has 0 aromatic heterocycles. The zero-order valence-corrected chi connectivity index (χ0v) is 14.5. The first kappa shape index (κ1) is 17.9. The van der Waals surface area contributed by atoms with Gasteiger partial charge in [0.05, 0.1) is 5.02 Å². The summed E-state index contributed by atoms with van der Waals surface area (Å²) in [5.41, 5.74) is 0.650. The van der Waals surface area contributed by atoms with E-state index >= 15 is 0 Å². The normalized spacial score (nSPS) is 21.0. The summed E-state index contributed by atoms with van der Waals surface area (Å²) in [6, 6.07) is 3.08. The fourth-order valence-electron chi connectivity index (χ4n) is 3.00. The number of halogens is 2. The molecular formula is C16H20ClFN4O3. The lowest BCUT2D eigenvalue weighted by Gasteiger charge is -2.39. The molecule has 3 N–H and O–H groups in total. The van der Waals surface area contributed by atoms with Crippen molar-refractivity contribution in [1.29, 1.82) is 0 Å². The number of hydrogen-bond acceptors (Lipinski definition) is 4. The molecule has 1 aromatic carbocycles. The van der Waals surface area contributed by atoms with Gasteiger partial charge in [0.25, 0.3) is 0 Å². The van der Waals surface area contributed by atoms with Crippen molar-refractivity contribution >= 4 is 23.7 Å². The van der Waals surface area contributed by atoms with Crippen molar-refractivity contribution in [2.24, 2.45) is 0 Å². The Kier molecular flexibility index (Phi) is 5.41. The minimum absolute atomic E-state index is 0.0438. The van der Waals surface area contributed by atoms with Crippen LogP contribution in [0, 0.1) is 5.82 Å². The van der Waals surface area contributed by atoms with Crippen LogP contribution in [0.4, 0.5) is 14.0 Å². The number of hydrogen-bond donors (Lipinski definition) is 3. The highest BCUT2D eigenvalue weighted by Crippen LogP contribution is 2.21. The van der Waals surface area contributed by atoms with Crippen molar-refractivity contribution < 1.29 is 18.7 Å². The highest BCUT2D eigenvalue weighted by molar-refractivity contribution is 6.30. The molecule has 0 unspecified atom stereocenters. The third-order valence-electron chi connectivity index (χ3n) is 4.39. The molecule has 1 atom stereocenters. The molecule has 0 saturated carbocycles. The van der Waals surface area contributed by atoms with Gasteiger partial charge in [0, 0.05) is 25.3 Å². The molecule has 2 aliphatic heterocycles. The number of imide groups is 1. The molecule has 3 rings (SSSR count). The number of amides is 4. The van der Waals surface area contributed by atoms with Gasteiger partial charge in [-0.2, -0.15) is 0 Å². The molecule has 2 saturated heterocycles. The highest BCUT2D eigenvalue weighted by atomic mass is 35.5. The van der Waals surface area contributed by atoms with Crippen molar-refractivity contribution in [2.45, 2.75) is 38.1 Å². The van der Waals surface area contributed by atoms with Crippen molar-refractivity contribution in [1.82, 2.24) is 20.9 Å². The fourth-order valence-corrected chi connectivity index (χ4v) is 3.12. The number of nitrogens with one attached hydrogen (secondary N) is 3. The summed E-state index contributed by atoms with van der Waals surface area (Å²) < 4.78 is 18.8. The van der Waals surface area contributed by atoms with Crippen LogP contribution in [0.25, 0.3) is 0 Å². The second kappa shape index (κ2) is 7.55. The number of carbonyl (C=O) groups excluding carboxylic acids is 2. The van der Waals surface area contributed by atoms with Gasteiger partial charge in [0.1, 0.15) is 5.82 Å².